The molecule has 3 aliphatic carbocycles. The maximum atomic E-state index is 13.8. The Balaban J connectivity index is 1.03. The number of thioether (sulfide) groups is 1. The number of hydrogen-bond acceptors (Lipinski definition) is 4. The largest absolute Gasteiger partial charge is 0.508 e. The number of phenols is 1. The number of fused-ring (bicyclic) bond motifs is 5. The summed E-state index contributed by atoms with van der Waals surface area (Å²) in [6.07, 6.45) is 6.86. The Labute approximate surface area is 265 Å². The van der Waals surface area contributed by atoms with Gasteiger partial charge in [0.05, 0.1) is 12.7 Å². The van der Waals surface area contributed by atoms with Crippen molar-refractivity contribution in [3.63, 3.8) is 0 Å². The Morgan fingerprint density at radius 2 is 1.58 bits per heavy atom. The second-order valence-corrected chi connectivity index (χ2v) is 14.3. The number of hydrogen-bond donors (Lipinski definition) is 2. The molecule has 3 nitrogen and oxygen atoms in total. The van der Waals surface area contributed by atoms with Crippen LogP contribution in [0.5, 0.6) is 11.5 Å². The number of aryl methyl sites for hydroxylation is 1. The average molecular weight is 647 g/mol. The van der Waals surface area contributed by atoms with E-state index in [0.29, 0.717) is 35.9 Å². The lowest BCUT2D eigenvalue weighted by atomic mass is 9.51. The third kappa shape index (κ3) is 6.07. The van der Waals surface area contributed by atoms with Gasteiger partial charge in [0, 0.05) is 11.3 Å². The van der Waals surface area contributed by atoms with E-state index in [1.807, 2.05) is 18.2 Å². The molecule has 6 rings (SSSR count). The van der Waals surface area contributed by atoms with Gasteiger partial charge in [-0.3, -0.25) is 0 Å². The minimum absolute atomic E-state index is 0.110. The molecule has 3 aromatic rings. The number of rotatable bonds is 10. The van der Waals surface area contributed by atoms with Gasteiger partial charge < -0.3 is 14.9 Å². The summed E-state index contributed by atoms with van der Waals surface area (Å²) in [5, 5.41) is 21.2. The van der Waals surface area contributed by atoms with E-state index >= 15 is 0 Å². The predicted molar refractivity (Wildman–Crippen MR) is 165 cm³/mol. The Kier molecular flexibility index (Phi) is 9.40. The van der Waals surface area contributed by atoms with Crippen LogP contribution in [-0.2, 0) is 12.2 Å². The molecule has 45 heavy (non-hydrogen) atoms. The monoisotopic (exact) mass is 646 g/mol. The standard InChI is InChI=1S/C36H39F5O3S/c1-36-18-26(30-24-12-8-22(42)17-21(24)7-11-25(30)28(36)13-14-29(36)43)20-5-9-23(10-6-20)44-15-3-2-4-16-45-19-27-31(37)33(39)35(41)34(40)32(27)38/h5-6,8-10,12,17,25-26,28-30,42-43H,2-4,7,11,13-16,18-19H2,1H3/t25-,26+,28-,29-,30+,36-/m0/s1. The topological polar surface area (TPSA) is 49.7 Å². The molecule has 2 N–H and O–H groups in total. The van der Waals surface area contributed by atoms with E-state index in [9.17, 15) is 32.2 Å². The van der Waals surface area contributed by atoms with Gasteiger partial charge in [0.25, 0.3) is 0 Å². The first kappa shape index (κ1) is 32.2. The number of ether oxygens (including phenoxy) is 1. The highest BCUT2D eigenvalue weighted by molar-refractivity contribution is 7.98. The van der Waals surface area contributed by atoms with Crippen LogP contribution in [0.4, 0.5) is 22.0 Å². The van der Waals surface area contributed by atoms with Gasteiger partial charge in [-0.1, -0.05) is 25.1 Å². The van der Waals surface area contributed by atoms with Crippen LogP contribution in [0.2, 0.25) is 0 Å². The Hall–Kier alpha value is -2.78. The minimum atomic E-state index is -2.13. The van der Waals surface area contributed by atoms with E-state index in [-0.39, 0.29) is 23.2 Å². The number of unbranched alkanes of at least 4 members (excludes halogenated alkanes) is 2. The zero-order valence-electron chi connectivity index (χ0n) is 25.3. The molecule has 0 bridgehead atoms. The van der Waals surface area contributed by atoms with Crippen molar-refractivity contribution in [2.75, 3.05) is 12.4 Å². The van der Waals surface area contributed by atoms with Crippen molar-refractivity contribution in [3.8, 4) is 11.5 Å². The lowest BCUT2D eigenvalue weighted by Gasteiger charge is -2.54. The summed E-state index contributed by atoms with van der Waals surface area (Å²) in [5.41, 5.74) is 2.92. The van der Waals surface area contributed by atoms with Crippen molar-refractivity contribution >= 4 is 11.8 Å². The fourth-order valence-corrected chi connectivity index (χ4v) is 9.44. The van der Waals surface area contributed by atoms with Crippen molar-refractivity contribution in [2.24, 2.45) is 17.3 Å². The second-order valence-electron chi connectivity index (χ2n) is 13.2. The molecule has 0 saturated heterocycles. The van der Waals surface area contributed by atoms with Crippen LogP contribution in [0, 0.1) is 46.3 Å². The minimum Gasteiger partial charge on any atom is -0.508 e. The lowest BCUT2D eigenvalue weighted by molar-refractivity contribution is -0.0323. The van der Waals surface area contributed by atoms with Crippen LogP contribution >= 0.6 is 11.8 Å². The van der Waals surface area contributed by atoms with E-state index < -0.39 is 34.6 Å². The fraction of sp³-hybridized carbons (Fsp3) is 0.500. The maximum absolute atomic E-state index is 13.8. The molecule has 9 heteroatoms. The van der Waals surface area contributed by atoms with Gasteiger partial charge in [0.2, 0.25) is 5.82 Å². The van der Waals surface area contributed by atoms with Crippen molar-refractivity contribution in [1.29, 1.82) is 0 Å². The molecular formula is C36H39F5O3S. The van der Waals surface area contributed by atoms with Gasteiger partial charge in [0.1, 0.15) is 11.5 Å². The smallest absolute Gasteiger partial charge is 0.200 e. The number of benzene rings is 3. The number of aliphatic hydroxyl groups excluding tert-OH is 1. The number of aliphatic hydroxyl groups is 1. The quantitative estimate of drug-likeness (QED) is 0.0999. The van der Waals surface area contributed by atoms with E-state index in [1.54, 1.807) is 6.07 Å². The second kappa shape index (κ2) is 13.1. The first-order chi connectivity index (χ1) is 21.6. The number of halogens is 5. The molecule has 3 aromatic carbocycles. The third-order valence-electron chi connectivity index (χ3n) is 10.7. The number of aromatic hydroxyl groups is 1. The van der Waals surface area contributed by atoms with Crippen molar-refractivity contribution in [1.82, 2.24) is 0 Å². The highest BCUT2D eigenvalue weighted by Crippen LogP contribution is 2.65. The molecule has 3 aliphatic rings. The van der Waals surface area contributed by atoms with Crippen molar-refractivity contribution in [3.05, 3.63) is 93.8 Å². The van der Waals surface area contributed by atoms with Crippen LogP contribution in [0.3, 0.4) is 0 Å². The van der Waals surface area contributed by atoms with Crippen LogP contribution in [0.1, 0.15) is 86.0 Å². The molecular weight excluding hydrogens is 607 g/mol. The summed E-state index contributed by atoms with van der Waals surface area (Å²) in [6, 6.07) is 14.1. The van der Waals surface area contributed by atoms with Crippen LogP contribution in [0.25, 0.3) is 0 Å². The highest BCUT2D eigenvalue weighted by Gasteiger charge is 2.57. The Bertz CT molecular complexity index is 1500. The van der Waals surface area contributed by atoms with Crippen molar-refractivity contribution < 1.29 is 36.9 Å². The van der Waals surface area contributed by atoms with Gasteiger partial charge in [-0.05, 0) is 127 Å². The van der Waals surface area contributed by atoms with Crippen LogP contribution in [-0.4, -0.2) is 28.7 Å². The zero-order valence-corrected chi connectivity index (χ0v) is 26.1. The van der Waals surface area contributed by atoms with E-state index in [1.165, 1.54) is 16.7 Å². The molecule has 0 aromatic heterocycles. The molecule has 6 atom stereocenters. The van der Waals surface area contributed by atoms with Gasteiger partial charge in [-0.15, -0.1) is 0 Å². The number of phenolic OH excluding ortho intramolecular Hbond substituents is 1. The molecule has 242 valence electrons. The van der Waals surface area contributed by atoms with Crippen LogP contribution in [0.15, 0.2) is 42.5 Å². The molecule has 0 heterocycles. The highest BCUT2D eigenvalue weighted by atomic mass is 32.2. The first-order valence-electron chi connectivity index (χ1n) is 15.9. The molecule has 0 spiro atoms. The zero-order chi connectivity index (χ0) is 31.9. The average Bonchev–Trinajstić information content (AvgIpc) is 3.34. The van der Waals surface area contributed by atoms with Gasteiger partial charge in [-0.25, -0.2) is 22.0 Å². The summed E-state index contributed by atoms with van der Waals surface area (Å²) in [4.78, 5) is 0. The van der Waals surface area contributed by atoms with E-state index in [0.717, 1.165) is 68.9 Å². The van der Waals surface area contributed by atoms with Gasteiger partial charge in [-0.2, -0.15) is 11.8 Å². The van der Waals surface area contributed by atoms with Crippen LogP contribution < -0.4 is 4.74 Å². The van der Waals surface area contributed by atoms with Gasteiger partial charge in [0.15, 0.2) is 23.3 Å². The van der Waals surface area contributed by atoms with E-state index in [2.05, 4.69) is 25.1 Å². The first-order valence-corrected chi connectivity index (χ1v) is 17.1. The van der Waals surface area contributed by atoms with Crippen molar-refractivity contribution in [2.45, 2.75) is 82.0 Å². The molecule has 0 unspecified atom stereocenters. The Morgan fingerprint density at radius 3 is 2.31 bits per heavy atom. The summed E-state index contributed by atoms with van der Waals surface area (Å²) >= 11 is 1.13. The maximum Gasteiger partial charge on any atom is 0.200 e. The Morgan fingerprint density at radius 1 is 0.867 bits per heavy atom. The summed E-state index contributed by atoms with van der Waals surface area (Å²) < 4.78 is 73.6. The molecule has 2 saturated carbocycles. The normalized spacial score (nSPS) is 27.1. The summed E-state index contributed by atoms with van der Waals surface area (Å²) in [6.45, 7) is 2.78. The van der Waals surface area contributed by atoms with Gasteiger partial charge >= 0.3 is 0 Å². The molecule has 2 fully saturated rings. The SMILES string of the molecule is C[C@]12C[C@H](c3ccc(OCCCCCSCc4c(F)c(F)c(F)c(F)c4F)cc3)[C@@H]3c4ccc(O)cc4CC[C@H]3[C@@H]1CC[C@@H]2O. The summed E-state index contributed by atoms with van der Waals surface area (Å²) in [7, 11) is 0. The molecule has 0 amide bonds. The third-order valence-corrected chi connectivity index (χ3v) is 11.8. The summed E-state index contributed by atoms with van der Waals surface area (Å²) in [5.74, 6) is -6.58. The molecule has 0 radical (unpaired) electrons. The lowest BCUT2D eigenvalue weighted by Crippen LogP contribution is -2.47. The van der Waals surface area contributed by atoms with E-state index in [4.69, 9.17) is 4.74 Å². The molecule has 0 aliphatic heterocycles. The predicted octanol–water partition coefficient (Wildman–Crippen LogP) is 9.18. The fourth-order valence-electron chi connectivity index (χ4n) is 8.43.